The number of allylic oxidation sites excluding steroid dienone is 8. The summed E-state index contributed by atoms with van der Waals surface area (Å²) in [4.78, 5) is 5.36. The molecule has 11 rings (SSSR count). The van der Waals surface area contributed by atoms with Crippen molar-refractivity contribution in [2.75, 3.05) is 0 Å². The van der Waals surface area contributed by atoms with Gasteiger partial charge in [0.1, 0.15) is 0 Å². The van der Waals surface area contributed by atoms with Crippen molar-refractivity contribution < 1.29 is 0 Å². The molecule has 0 spiro atoms. The third-order valence-corrected chi connectivity index (χ3v) is 14.0. The zero-order valence-corrected chi connectivity index (χ0v) is 37.4. The Hall–Kier alpha value is -7.53. The summed E-state index contributed by atoms with van der Waals surface area (Å²) in [7, 11) is 0. The van der Waals surface area contributed by atoms with E-state index in [9.17, 15) is 0 Å². The number of rotatable bonds is 6. The Kier molecular flexibility index (Phi) is 10.2. The molecule has 2 unspecified atom stereocenters. The first kappa shape index (κ1) is 40.3. The average molecular weight is 834 g/mol. The van der Waals surface area contributed by atoms with Crippen molar-refractivity contribution in [3.63, 3.8) is 0 Å². The Morgan fingerprint density at radius 1 is 0.538 bits per heavy atom. The molecule has 65 heavy (non-hydrogen) atoms. The topological polar surface area (TPSA) is 12.9 Å². The van der Waals surface area contributed by atoms with Crippen molar-refractivity contribution in [2.24, 2.45) is 0 Å². The molecular formula is C64H51N. The highest BCUT2D eigenvalue weighted by Gasteiger charge is 2.42. The smallest absolute Gasteiger partial charge is 0.0715 e. The minimum Gasteiger partial charge on any atom is -0.248 e. The standard InChI is InChI=1S/C64H51N/c1-63(2)42-52-24-13-14-25-54(52)59-39-38-51(48-36-34-47(35-37-48)46-32-30-45(31-33-46)44-18-7-4-8-19-44)43-64(59,3)62-55(27-17-28-57(62)56-26-15-16-29-58(56)63)53-40-60(49-20-9-5-10-21-49)65-61(41-53)50-22-11-6-12-23-50/h4-5,7,9-11,13-18,20-41,43,59H,6,12,42H2,1-3H3. The molecule has 0 fully saturated rings. The van der Waals surface area contributed by atoms with E-state index in [2.05, 4.69) is 233 Å². The highest BCUT2D eigenvalue weighted by atomic mass is 14.7. The number of fused-ring (bicyclic) bond motifs is 7. The average Bonchev–Trinajstić information content (AvgIpc) is 3.37. The van der Waals surface area contributed by atoms with E-state index in [1.54, 1.807) is 0 Å². The molecule has 0 saturated heterocycles. The lowest BCUT2D eigenvalue weighted by molar-refractivity contribution is 0.495. The lowest BCUT2D eigenvalue weighted by Gasteiger charge is -2.43. The normalized spacial score (nSPS) is 18.2. The van der Waals surface area contributed by atoms with Gasteiger partial charge in [-0.2, -0.15) is 0 Å². The van der Waals surface area contributed by atoms with Crippen molar-refractivity contribution in [3.8, 4) is 55.8 Å². The van der Waals surface area contributed by atoms with Crippen LogP contribution in [-0.4, -0.2) is 4.98 Å². The number of nitrogens with zero attached hydrogens (tertiary/aromatic N) is 1. The van der Waals surface area contributed by atoms with Crippen LogP contribution in [0, 0.1) is 12.1 Å². The third-order valence-electron chi connectivity index (χ3n) is 14.0. The Labute approximate surface area is 384 Å². The Bertz CT molecular complexity index is 3180. The fraction of sp³-hybridized carbons (Fsp3) is 0.141. The summed E-state index contributed by atoms with van der Waals surface area (Å²) in [5.41, 5.74) is 21.2. The molecule has 2 atom stereocenters. The lowest BCUT2D eigenvalue weighted by atomic mass is 9.60. The van der Waals surface area contributed by atoms with Crippen LogP contribution in [0.25, 0.3) is 66.9 Å². The third kappa shape index (κ3) is 7.50. The largest absolute Gasteiger partial charge is 0.248 e. The second kappa shape index (κ2) is 16.5. The van der Waals surface area contributed by atoms with Crippen molar-refractivity contribution in [1.29, 1.82) is 0 Å². The lowest BCUT2D eigenvalue weighted by Crippen LogP contribution is -2.33. The fourth-order valence-electron chi connectivity index (χ4n) is 10.8. The van der Waals surface area contributed by atoms with Crippen molar-refractivity contribution in [3.05, 3.63) is 258 Å². The molecular weight excluding hydrogens is 783 g/mol. The minimum atomic E-state index is -0.471. The molecule has 0 amide bonds. The quantitative estimate of drug-likeness (QED) is 0.163. The molecule has 1 heterocycles. The fourth-order valence-corrected chi connectivity index (χ4v) is 10.8. The van der Waals surface area contributed by atoms with Crippen LogP contribution in [0.5, 0.6) is 0 Å². The van der Waals surface area contributed by atoms with E-state index in [4.69, 9.17) is 4.98 Å². The first-order valence-corrected chi connectivity index (χ1v) is 23.1. The van der Waals surface area contributed by atoms with Crippen LogP contribution in [0.2, 0.25) is 0 Å². The zero-order chi connectivity index (χ0) is 44.0. The molecule has 1 nitrogen and oxygen atoms in total. The Morgan fingerprint density at radius 3 is 2.00 bits per heavy atom. The van der Waals surface area contributed by atoms with E-state index in [-0.39, 0.29) is 11.3 Å². The molecule has 0 radical (unpaired) electrons. The van der Waals surface area contributed by atoms with Crippen LogP contribution < -0.4 is 0 Å². The predicted octanol–water partition coefficient (Wildman–Crippen LogP) is 16.3. The Balaban J connectivity index is 1.13. The van der Waals surface area contributed by atoms with Crippen molar-refractivity contribution in [2.45, 2.75) is 56.8 Å². The van der Waals surface area contributed by atoms with Gasteiger partial charge in [-0.3, -0.25) is 0 Å². The second-order valence-corrected chi connectivity index (χ2v) is 18.7. The molecule has 8 aromatic rings. The van der Waals surface area contributed by atoms with Crippen molar-refractivity contribution >= 4 is 11.1 Å². The molecule has 1 heteroatoms. The molecule has 7 aromatic carbocycles. The van der Waals surface area contributed by atoms with E-state index in [1.807, 2.05) is 12.1 Å². The molecule has 0 saturated carbocycles. The van der Waals surface area contributed by atoms with Gasteiger partial charge in [0.05, 0.1) is 11.4 Å². The van der Waals surface area contributed by atoms with Gasteiger partial charge in [0.2, 0.25) is 0 Å². The van der Waals surface area contributed by atoms with E-state index in [0.29, 0.717) is 0 Å². The van der Waals surface area contributed by atoms with Gasteiger partial charge in [0.15, 0.2) is 0 Å². The van der Waals surface area contributed by atoms with Crippen LogP contribution in [0.15, 0.2) is 212 Å². The summed E-state index contributed by atoms with van der Waals surface area (Å²) >= 11 is 0. The number of pyridine rings is 1. The summed E-state index contributed by atoms with van der Waals surface area (Å²) in [6.45, 7) is 7.35. The van der Waals surface area contributed by atoms with Crippen molar-refractivity contribution in [1.82, 2.24) is 4.98 Å². The van der Waals surface area contributed by atoms with Gasteiger partial charge in [-0.05, 0) is 127 Å². The highest BCUT2D eigenvalue weighted by Crippen LogP contribution is 2.55. The summed E-state index contributed by atoms with van der Waals surface area (Å²) in [5, 5.41) is 0. The van der Waals surface area contributed by atoms with E-state index in [0.717, 1.165) is 47.3 Å². The first-order valence-electron chi connectivity index (χ1n) is 23.1. The van der Waals surface area contributed by atoms with Gasteiger partial charge < -0.3 is 0 Å². The molecule has 0 aliphatic heterocycles. The number of hydrogen-bond acceptors (Lipinski definition) is 1. The summed E-state index contributed by atoms with van der Waals surface area (Å²) < 4.78 is 0. The minimum absolute atomic E-state index is 0.0690. The van der Waals surface area contributed by atoms with E-state index >= 15 is 0 Å². The number of benzene rings is 6. The van der Waals surface area contributed by atoms with Crippen LogP contribution >= 0.6 is 0 Å². The Morgan fingerprint density at radius 2 is 1.23 bits per heavy atom. The van der Waals surface area contributed by atoms with Gasteiger partial charge in [-0.15, -0.1) is 0 Å². The number of aromatic nitrogens is 1. The van der Waals surface area contributed by atoms with Gasteiger partial charge in [0.25, 0.3) is 0 Å². The predicted molar refractivity (Wildman–Crippen MR) is 272 cm³/mol. The second-order valence-electron chi connectivity index (χ2n) is 18.7. The summed E-state index contributed by atoms with van der Waals surface area (Å²) in [5.74, 6) is 0.0690. The molecule has 1 aromatic heterocycles. The molecule has 0 N–H and O–H groups in total. The summed E-state index contributed by atoms with van der Waals surface area (Å²) in [6.07, 6.45) is 17.4. The molecule has 312 valence electrons. The van der Waals surface area contributed by atoms with Gasteiger partial charge in [0, 0.05) is 22.5 Å². The zero-order valence-electron chi connectivity index (χ0n) is 37.4. The van der Waals surface area contributed by atoms with Gasteiger partial charge in [-0.25, -0.2) is 4.98 Å². The maximum atomic E-state index is 5.36. The highest BCUT2D eigenvalue weighted by molar-refractivity contribution is 5.89. The molecule has 3 aliphatic rings. The van der Waals surface area contributed by atoms with Crippen LogP contribution in [0.1, 0.15) is 73.0 Å². The van der Waals surface area contributed by atoms with Crippen LogP contribution in [0.4, 0.5) is 0 Å². The first-order chi connectivity index (χ1) is 31.8. The van der Waals surface area contributed by atoms with Gasteiger partial charge >= 0.3 is 0 Å². The van der Waals surface area contributed by atoms with E-state index in [1.165, 1.54) is 72.3 Å². The van der Waals surface area contributed by atoms with Crippen LogP contribution in [0.3, 0.4) is 0 Å². The van der Waals surface area contributed by atoms with Crippen LogP contribution in [-0.2, 0) is 17.3 Å². The monoisotopic (exact) mass is 833 g/mol. The maximum absolute atomic E-state index is 5.36. The SMILES string of the molecule is CC1(C)Cc2ccccc2C2C=CC(c3ccc(-c4ccc(-c5c#cccc5)cc4)cc3)=CC2(C)c2c(-c3cc(C4=CCCC=C4)nc(-c4ccccc4)c3)cccc2-c2ccccc21. The number of hydrogen-bond donors (Lipinski definition) is 0. The van der Waals surface area contributed by atoms with E-state index < -0.39 is 5.41 Å². The summed E-state index contributed by atoms with van der Waals surface area (Å²) in [6, 6.07) is 71.0. The molecule has 0 bridgehead atoms. The van der Waals surface area contributed by atoms with Gasteiger partial charge in [-0.1, -0.05) is 221 Å². The molecule has 3 aliphatic carbocycles. The maximum Gasteiger partial charge on any atom is 0.0715 e.